The zero-order valence-electron chi connectivity index (χ0n) is 21.3. The molecule has 5 aromatic rings. The molecule has 1 aliphatic heterocycles. The third kappa shape index (κ3) is 4.72. The lowest BCUT2D eigenvalue weighted by Crippen LogP contribution is -2.35. The van der Waals surface area contributed by atoms with Crippen LogP contribution < -0.4 is 4.90 Å². The second kappa shape index (κ2) is 10.0. The number of hydrogen-bond acceptors (Lipinski definition) is 8. The van der Waals surface area contributed by atoms with E-state index in [1.165, 1.54) is 6.33 Å². The number of benzene rings is 1. The molecule has 4 aromatic heterocycles. The molecule has 6 rings (SSSR count). The van der Waals surface area contributed by atoms with Crippen molar-refractivity contribution in [1.29, 1.82) is 5.26 Å². The molecule has 0 saturated carbocycles. The lowest BCUT2D eigenvalue weighted by molar-refractivity contribution is 0.0342. The Bertz CT molecular complexity index is 1640. The lowest BCUT2D eigenvalue weighted by atomic mass is 10.1. The van der Waals surface area contributed by atoms with Crippen LogP contribution in [-0.4, -0.2) is 67.8 Å². The zero-order chi connectivity index (χ0) is 26.1. The number of aryl methyl sites for hydroxylation is 1. The summed E-state index contributed by atoms with van der Waals surface area (Å²) in [7, 11) is 1.95. The second-order valence-electron chi connectivity index (χ2n) is 9.38. The standard InChI is InChI=1S/C28H27N9O/c1-19-4-3-5-24(32-19)27-26(22-6-7-25-30-18-31-37(25)17-22)33-28(34-27)35(2)23-13-20(15-29)12-21(14-23)16-36-8-10-38-11-9-36/h3-7,12-14,17-18H,8-11,16H2,1-2H3,(H,33,34). The van der Waals surface area contributed by atoms with E-state index in [0.29, 0.717) is 11.5 Å². The van der Waals surface area contributed by atoms with Gasteiger partial charge in [0.1, 0.15) is 12.0 Å². The number of nitrogens with zero attached hydrogens (tertiary/aromatic N) is 8. The van der Waals surface area contributed by atoms with Crippen LogP contribution in [0, 0.1) is 18.3 Å². The van der Waals surface area contributed by atoms with Crippen molar-refractivity contribution >= 4 is 17.3 Å². The Morgan fingerprint density at radius 2 is 1.97 bits per heavy atom. The number of ether oxygens (including phenoxy) is 1. The van der Waals surface area contributed by atoms with Crippen molar-refractivity contribution in [1.82, 2.24) is 34.4 Å². The van der Waals surface area contributed by atoms with Crippen LogP contribution in [0.4, 0.5) is 11.6 Å². The predicted octanol–water partition coefficient (Wildman–Crippen LogP) is 3.96. The summed E-state index contributed by atoms with van der Waals surface area (Å²) in [6.07, 6.45) is 3.45. The van der Waals surface area contributed by atoms with Gasteiger partial charge in [0.15, 0.2) is 5.65 Å². The molecule has 1 aromatic carbocycles. The molecule has 10 nitrogen and oxygen atoms in total. The highest BCUT2D eigenvalue weighted by atomic mass is 16.5. The van der Waals surface area contributed by atoms with Crippen LogP contribution in [-0.2, 0) is 11.3 Å². The van der Waals surface area contributed by atoms with Gasteiger partial charge in [-0.1, -0.05) is 6.07 Å². The minimum atomic E-state index is 0.613. The quantitative estimate of drug-likeness (QED) is 0.369. The molecule has 0 spiro atoms. The predicted molar refractivity (Wildman–Crippen MR) is 144 cm³/mol. The number of aromatic nitrogens is 6. The summed E-state index contributed by atoms with van der Waals surface area (Å²) in [5.41, 5.74) is 7.49. The zero-order valence-corrected chi connectivity index (χ0v) is 21.3. The lowest BCUT2D eigenvalue weighted by Gasteiger charge is -2.27. The van der Waals surface area contributed by atoms with E-state index in [0.717, 1.165) is 78.1 Å². The molecule has 0 unspecified atom stereocenters. The second-order valence-corrected chi connectivity index (χ2v) is 9.38. The number of rotatable bonds is 6. The maximum Gasteiger partial charge on any atom is 0.208 e. The van der Waals surface area contributed by atoms with Gasteiger partial charge in [-0.15, -0.1) is 0 Å². The van der Waals surface area contributed by atoms with Crippen LogP contribution in [0.5, 0.6) is 0 Å². The smallest absolute Gasteiger partial charge is 0.208 e. The van der Waals surface area contributed by atoms with Gasteiger partial charge in [0.25, 0.3) is 0 Å². The summed E-state index contributed by atoms with van der Waals surface area (Å²) in [6.45, 7) is 5.96. The van der Waals surface area contributed by atoms with Crippen LogP contribution in [0.25, 0.3) is 28.3 Å². The number of anilines is 2. The van der Waals surface area contributed by atoms with Crippen LogP contribution in [0.2, 0.25) is 0 Å². The molecule has 0 bridgehead atoms. The van der Waals surface area contributed by atoms with Crippen molar-refractivity contribution in [3.8, 4) is 28.7 Å². The summed E-state index contributed by atoms with van der Waals surface area (Å²) in [4.78, 5) is 21.8. The number of morpholine rings is 1. The molecule has 1 N–H and O–H groups in total. The van der Waals surface area contributed by atoms with E-state index in [1.54, 1.807) is 4.52 Å². The summed E-state index contributed by atoms with van der Waals surface area (Å²) in [5.74, 6) is 0.643. The Morgan fingerprint density at radius 1 is 1.11 bits per heavy atom. The first-order valence-electron chi connectivity index (χ1n) is 12.5. The van der Waals surface area contributed by atoms with Gasteiger partial charge in [-0.3, -0.25) is 9.88 Å². The van der Waals surface area contributed by atoms with Crippen molar-refractivity contribution in [3.05, 3.63) is 77.9 Å². The van der Waals surface area contributed by atoms with Crippen LogP contribution in [0.1, 0.15) is 16.8 Å². The highest BCUT2D eigenvalue weighted by Crippen LogP contribution is 2.34. The van der Waals surface area contributed by atoms with Gasteiger partial charge in [-0.2, -0.15) is 10.4 Å². The maximum absolute atomic E-state index is 9.74. The fraction of sp³-hybridized carbons (Fsp3) is 0.250. The van der Waals surface area contributed by atoms with Crippen LogP contribution in [0.3, 0.4) is 0 Å². The Labute approximate surface area is 220 Å². The van der Waals surface area contributed by atoms with Gasteiger partial charge in [-0.25, -0.2) is 14.5 Å². The molecule has 0 radical (unpaired) electrons. The topological polar surface area (TPSA) is 111 Å². The van der Waals surface area contributed by atoms with E-state index in [1.807, 2.05) is 67.5 Å². The molecule has 0 atom stereocenters. The number of nitrogens with one attached hydrogen (secondary N) is 1. The molecular weight excluding hydrogens is 478 g/mol. The average Bonchev–Trinajstić information content (AvgIpc) is 3.60. The molecule has 0 aliphatic carbocycles. The highest BCUT2D eigenvalue weighted by molar-refractivity contribution is 5.79. The molecule has 5 heterocycles. The van der Waals surface area contributed by atoms with Crippen molar-refractivity contribution in [2.24, 2.45) is 0 Å². The molecule has 190 valence electrons. The van der Waals surface area contributed by atoms with Gasteiger partial charge in [0.05, 0.1) is 36.2 Å². The van der Waals surface area contributed by atoms with E-state index in [4.69, 9.17) is 14.7 Å². The van der Waals surface area contributed by atoms with Gasteiger partial charge < -0.3 is 14.6 Å². The summed E-state index contributed by atoms with van der Waals surface area (Å²) >= 11 is 0. The van der Waals surface area contributed by atoms with E-state index in [9.17, 15) is 5.26 Å². The molecular formula is C28H27N9O. The van der Waals surface area contributed by atoms with Gasteiger partial charge in [0, 0.05) is 49.8 Å². The first kappa shape index (κ1) is 23.8. The largest absolute Gasteiger partial charge is 0.379 e. The Hall–Kier alpha value is -4.59. The normalized spacial score (nSPS) is 14.0. The number of aromatic amines is 1. The number of pyridine rings is 2. The van der Waals surface area contributed by atoms with E-state index in [-0.39, 0.29) is 0 Å². The average molecular weight is 506 g/mol. The Kier molecular flexibility index (Phi) is 6.29. The molecule has 0 amide bonds. The third-order valence-electron chi connectivity index (χ3n) is 6.70. The summed E-state index contributed by atoms with van der Waals surface area (Å²) in [5, 5.41) is 14.0. The fourth-order valence-corrected chi connectivity index (χ4v) is 4.72. The maximum atomic E-state index is 9.74. The number of fused-ring (bicyclic) bond motifs is 1. The number of imidazole rings is 1. The first-order valence-corrected chi connectivity index (χ1v) is 12.5. The molecule has 1 aliphatic rings. The van der Waals surface area contributed by atoms with E-state index < -0.39 is 0 Å². The number of H-pyrrole nitrogens is 1. The van der Waals surface area contributed by atoms with Crippen molar-refractivity contribution < 1.29 is 4.74 Å². The fourth-order valence-electron chi connectivity index (χ4n) is 4.72. The van der Waals surface area contributed by atoms with Crippen molar-refractivity contribution in [2.75, 3.05) is 38.3 Å². The molecule has 1 fully saturated rings. The van der Waals surface area contributed by atoms with E-state index >= 15 is 0 Å². The SMILES string of the molecule is Cc1cccc(-c2[nH]c(N(C)c3cc(C#N)cc(CN4CCOCC4)c3)nc2-c2ccc3ncnn3c2)n1. The monoisotopic (exact) mass is 505 g/mol. The van der Waals surface area contributed by atoms with Gasteiger partial charge in [-0.05, 0) is 55.0 Å². The van der Waals surface area contributed by atoms with Crippen molar-refractivity contribution in [2.45, 2.75) is 13.5 Å². The summed E-state index contributed by atoms with van der Waals surface area (Å²) in [6, 6.07) is 18.1. The molecule has 38 heavy (non-hydrogen) atoms. The molecule has 10 heteroatoms. The Morgan fingerprint density at radius 3 is 2.79 bits per heavy atom. The number of hydrogen-bond donors (Lipinski definition) is 1. The van der Waals surface area contributed by atoms with E-state index in [2.05, 4.69) is 32.1 Å². The highest BCUT2D eigenvalue weighted by Gasteiger charge is 2.20. The van der Waals surface area contributed by atoms with Gasteiger partial charge >= 0.3 is 0 Å². The molecule has 1 saturated heterocycles. The first-order chi connectivity index (χ1) is 18.6. The van der Waals surface area contributed by atoms with Crippen LogP contribution >= 0.6 is 0 Å². The minimum absolute atomic E-state index is 0.613. The van der Waals surface area contributed by atoms with Crippen LogP contribution in [0.15, 0.2) is 61.1 Å². The minimum Gasteiger partial charge on any atom is -0.379 e. The third-order valence-corrected chi connectivity index (χ3v) is 6.70. The van der Waals surface area contributed by atoms with Gasteiger partial charge in [0.2, 0.25) is 5.95 Å². The number of nitriles is 1. The Balaban J connectivity index is 1.41. The summed E-state index contributed by atoms with van der Waals surface area (Å²) < 4.78 is 7.22. The van der Waals surface area contributed by atoms with Crippen molar-refractivity contribution in [3.63, 3.8) is 0 Å².